The number of carbonyl (C=O) groups is 3. The fraction of sp³-hybridized carbons (Fsp3) is 0.435. The number of aryl methyl sites for hydroxylation is 1. The van der Waals surface area contributed by atoms with Gasteiger partial charge < -0.3 is 29.0 Å². The van der Waals surface area contributed by atoms with Crippen LogP contribution in [0.2, 0.25) is 0 Å². The number of nitrogens with one attached hydrogen (secondary N) is 1. The fourth-order valence-corrected chi connectivity index (χ4v) is 3.90. The van der Waals surface area contributed by atoms with E-state index in [0.29, 0.717) is 72.2 Å². The van der Waals surface area contributed by atoms with E-state index in [1.54, 1.807) is 34.9 Å². The molecule has 1 aromatic heterocycles. The Balaban J connectivity index is 1.72. The van der Waals surface area contributed by atoms with Crippen molar-refractivity contribution in [3.63, 3.8) is 0 Å². The van der Waals surface area contributed by atoms with Gasteiger partial charge >= 0.3 is 5.97 Å². The van der Waals surface area contributed by atoms with Crippen molar-refractivity contribution in [1.82, 2.24) is 14.8 Å². The highest BCUT2D eigenvalue weighted by Gasteiger charge is 2.30. The summed E-state index contributed by atoms with van der Waals surface area (Å²) >= 11 is 0. The Morgan fingerprint density at radius 1 is 0.906 bits per heavy atom. The number of H-pyrrole nitrogens is 1. The van der Waals surface area contributed by atoms with Crippen LogP contribution in [0, 0.1) is 6.92 Å². The molecule has 1 aromatic carbocycles. The Morgan fingerprint density at radius 2 is 1.44 bits per heavy atom. The highest BCUT2D eigenvalue weighted by molar-refractivity contribution is 6.01. The molecule has 2 aromatic rings. The highest BCUT2D eigenvalue weighted by Crippen LogP contribution is 2.25. The van der Waals surface area contributed by atoms with Gasteiger partial charge in [0.15, 0.2) is 0 Å². The number of ether oxygens (including phenoxy) is 3. The quantitative estimate of drug-likeness (QED) is 0.688. The lowest BCUT2D eigenvalue weighted by Crippen LogP contribution is -2.50. The number of nitrogens with zero attached hydrogens (tertiary/aromatic N) is 2. The van der Waals surface area contributed by atoms with Crippen LogP contribution in [0.3, 0.4) is 0 Å². The van der Waals surface area contributed by atoms with Crippen LogP contribution in [0.25, 0.3) is 0 Å². The van der Waals surface area contributed by atoms with Crippen molar-refractivity contribution in [3.8, 4) is 11.5 Å². The van der Waals surface area contributed by atoms with Gasteiger partial charge in [0.2, 0.25) is 0 Å². The average molecular weight is 444 g/mol. The molecule has 2 heterocycles. The van der Waals surface area contributed by atoms with E-state index in [0.717, 1.165) is 0 Å². The second kappa shape index (κ2) is 9.76. The number of rotatable bonds is 6. The second-order valence-corrected chi connectivity index (χ2v) is 7.51. The van der Waals surface area contributed by atoms with Gasteiger partial charge in [-0.25, -0.2) is 4.79 Å². The maximum Gasteiger partial charge on any atom is 0.339 e. The van der Waals surface area contributed by atoms with Crippen LogP contribution < -0.4 is 9.47 Å². The maximum atomic E-state index is 13.1. The first-order valence-corrected chi connectivity index (χ1v) is 10.5. The molecule has 0 spiro atoms. The molecular weight excluding hydrogens is 414 g/mol. The summed E-state index contributed by atoms with van der Waals surface area (Å²) in [5, 5.41) is 0. The molecule has 9 heteroatoms. The first-order valence-electron chi connectivity index (χ1n) is 10.5. The van der Waals surface area contributed by atoms with E-state index in [-0.39, 0.29) is 11.8 Å². The van der Waals surface area contributed by atoms with Crippen molar-refractivity contribution in [2.45, 2.75) is 20.3 Å². The van der Waals surface area contributed by atoms with E-state index < -0.39 is 5.97 Å². The molecule has 0 radical (unpaired) electrons. The molecule has 1 saturated heterocycles. The Bertz CT molecular complexity index is 999. The van der Waals surface area contributed by atoms with E-state index in [1.165, 1.54) is 21.3 Å². The number of esters is 1. The van der Waals surface area contributed by atoms with Crippen LogP contribution in [0.1, 0.15) is 49.4 Å². The van der Waals surface area contributed by atoms with Crippen LogP contribution in [0.5, 0.6) is 11.5 Å². The van der Waals surface area contributed by atoms with Crippen LogP contribution in [-0.2, 0) is 11.2 Å². The van der Waals surface area contributed by atoms with Gasteiger partial charge in [-0.05, 0) is 31.0 Å². The molecule has 1 aliphatic rings. The average Bonchev–Trinajstić information content (AvgIpc) is 3.18. The Labute approximate surface area is 187 Å². The van der Waals surface area contributed by atoms with Crippen molar-refractivity contribution in [3.05, 3.63) is 46.3 Å². The van der Waals surface area contributed by atoms with E-state index in [4.69, 9.17) is 14.2 Å². The van der Waals surface area contributed by atoms with Gasteiger partial charge in [0.1, 0.15) is 17.2 Å². The summed E-state index contributed by atoms with van der Waals surface area (Å²) in [6.45, 7) is 5.22. The van der Waals surface area contributed by atoms with Crippen LogP contribution in [0.15, 0.2) is 18.2 Å². The topological polar surface area (TPSA) is 101 Å². The lowest BCUT2D eigenvalue weighted by molar-refractivity contribution is 0.0531. The highest BCUT2D eigenvalue weighted by atomic mass is 16.5. The van der Waals surface area contributed by atoms with E-state index >= 15 is 0 Å². The number of piperazine rings is 1. The van der Waals surface area contributed by atoms with E-state index in [9.17, 15) is 14.4 Å². The molecule has 3 rings (SSSR count). The van der Waals surface area contributed by atoms with Gasteiger partial charge in [0.25, 0.3) is 11.8 Å². The number of carbonyl (C=O) groups excluding carboxylic acids is 3. The maximum absolute atomic E-state index is 13.1. The molecule has 0 saturated carbocycles. The molecule has 1 aliphatic heterocycles. The Morgan fingerprint density at radius 3 is 1.91 bits per heavy atom. The molecule has 9 nitrogen and oxygen atoms in total. The van der Waals surface area contributed by atoms with Crippen LogP contribution >= 0.6 is 0 Å². The summed E-state index contributed by atoms with van der Waals surface area (Å²) in [5.74, 6) is 0.279. The van der Waals surface area contributed by atoms with Crippen LogP contribution in [-0.4, -0.2) is 80.1 Å². The summed E-state index contributed by atoms with van der Waals surface area (Å²) in [5.41, 5.74) is 2.54. The molecule has 1 N–H and O–H groups in total. The lowest BCUT2D eigenvalue weighted by atomic mass is 10.1. The van der Waals surface area contributed by atoms with Crippen molar-refractivity contribution < 1.29 is 28.6 Å². The molecule has 1 fully saturated rings. The van der Waals surface area contributed by atoms with Crippen molar-refractivity contribution in [1.29, 1.82) is 0 Å². The normalized spacial score (nSPS) is 13.7. The number of benzene rings is 1. The van der Waals surface area contributed by atoms with Crippen molar-refractivity contribution >= 4 is 17.8 Å². The monoisotopic (exact) mass is 443 g/mol. The molecular formula is C23H29N3O6. The third kappa shape index (κ3) is 4.42. The number of hydrogen-bond donors (Lipinski definition) is 1. The predicted molar refractivity (Wildman–Crippen MR) is 118 cm³/mol. The summed E-state index contributed by atoms with van der Waals surface area (Å²) in [7, 11) is 4.39. The number of methoxy groups -OCH3 is 3. The number of aromatic nitrogens is 1. The molecule has 0 aliphatic carbocycles. The standard InChI is InChI=1S/C23H29N3O6/c1-6-18-19(23(29)32-5)14(2)20(24-18)22(28)26-9-7-25(8-10-26)21(27)15-11-16(30-3)13-17(12-15)31-4/h11-13,24H,6-10H2,1-5H3. The van der Waals surface area contributed by atoms with Crippen molar-refractivity contribution in [2.75, 3.05) is 47.5 Å². The van der Waals surface area contributed by atoms with Gasteiger partial charge in [0, 0.05) is 43.5 Å². The number of aromatic amines is 1. The first-order chi connectivity index (χ1) is 15.3. The minimum atomic E-state index is -0.459. The third-order valence-corrected chi connectivity index (χ3v) is 5.74. The zero-order valence-corrected chi connectivity index (χ0v) is 19.1. The van der Waals surface area contributed by atoms with Crippen molar-refractivity contribution in [2.24, 2.45) is 0 Å². The largest absolute Gasteiger partial charge is 0.497 e. The van der Waals surface area contributed by atoms with Crippen LogP contribution in [0.4, 0.5) is 0 Å². The number of hydrogen-bond acceptors (Lipinski definition) is 6. The third-order valence-electron chi connectivity index (χ3n) is 5.74. The molecule has 2 amide bonds. The second-order valence-electron chi connectivity index (χ2n) is 7.51. The molecule has 0 unspecified atom stereocenters. The molecule has 0 bridgehead atoms. The summed E-state index contributed by atoms with van der Waals surface area (Å²) in [4.78, 5) is 44.8. The van der Waals surface area contributed by atoms with Gasteiger partial charge in [0.05, 0.1) is 26.9 Å². The minimum absolute atomic E-state index is 0.147. The lowest BCUT2D eigenvalue weighted by Gasteiger charge is -2.34. The van der Waals surface area contributed by atoms with Gasteiger partial charge in [-0.1, -0.05) is 6.92 Å². The van der Waals surface area contributed by atoms with Gasteiger partial charge in [-0.15, -0.1) is 0 Å². The van der Waals surface area contributed by atoms with E-state index in [2.05, 4.69) is 4.98 Å². The predicted octanol–water partition coefficient (Wildman–Crippen LogP) is 2.29. The number of amides is 2. The van der Waals surface area contributed by atoms with Gasteiger partial charge in [-0.3, -0.25) is 9.59 Å². The molecule has 0 atom stereocenters. The Kier molecular flexibility index (Phi) is 7.07. The zero-order chi connectivity index (χ0) is 23.4. The summed E-state index contributed by atoms with van der Waals surface area (Å²) in [6.07, 6.45) is 0.574. The summed E-state index contributed by atoms with van der Waals surface area (Å²) < 4.78 is 15.4. The summed E-state index contributed by atoms with van der Waals surface area (Å²) in [6, 6.07) is 5.05. The minimum Gasteiger partial charge on any atom is -0.497 e. The first kappa shape index (κ1) is 23.2. The van der Waals surface area contributed by atoms with Gasteiger partial charge in [-0.2, -0.15) is 0 Å². The zero-order valence-electron chi connectivity index (χ0n) is 19.1. The fourth-order valence-electron chi connectivity index (χ4n) is 3.90. The SMILES string of the molecule is CCc1[nH]c(C(=O)N2CCN(C(=O)c3cc(OC)cc(OC)c3)CC2)c(C)c1C(=O)OC. The molecule has 172 valence electrons. The molecule has 32 heavy (non-hydrogen) atoms. The Hall–Kier alpha value is -3.49. The van der Waals surface area contributed by atoms with E-state index in [1.807, 2.05) is 6.92 Å². The smallest absolute Gasteiger partial charge is 0.339 e.